The van der Waals surface area contributed by atoms with Crippen LogP contribution in [0.3, 0.4) is 0 Å². The van der Waals surface area contributed by atoms with E-state index in [-0.39, 0.29) is 24.4 Å². The van der Waals surface area contributed by atoms with Crippen LogP contribution in [0.2, 0.25) is 0 Å². The topological polar surface area (TPSA) is 96.4 Å². The van der Waals surface area contributed by atoms with Gasteiger partial charge in [-0.25, -0.2) is 14.6 Å². The van der Waals surface area contributed by atoms with Gasteiger partial charge in [0.2, 0.25) is 0 Å². The van der Waals surface area contributed by atoms with Crippen molar-refractivity contribution in [3.63, 3.8) is 0 Å². The van der Waals surface area contributed by atoms with Crippen molar-refractivity contribution in [2.24, 2.45) is 7.05 Å². The molecule has 3 aromatic rings. The number of aromatic nitrogens is 3. The van der Waals surface area contributed by atoms with Gasteiger partial charge in [0.1, 0.15) is 11.1 Å². The molecule has 1 saturated heterocycles. The highest BCUT2D eigenvalue weighted by Crippen LogP contribution is 2.29. The number of imidazole rings is 1. The number of pyridine rings is 1. The van der Waals surface area contributed by atoms with E-state index in [1.54, 1.807) is 40.4 Å². The molecule has 0 radical (unpaired) electrons. The Bertz CT molecular complexity index is 1340. The molecular weight excluding hydrogens is 444 g/mol. The highest BCUT2D eigenvalue weighted by Gasteiger charge is 2.31. The van der Waals surface area contributed by atoms with Crippen LogP contribution in [0.1, 0.15) is 44.7 Å². The van der Waals surface area contributed by atoms with Crippen molar-refractivity contribution in [1.29, 1.82) is 5.26 Å². The van der Waals surface area contributed by atoms with Crippen LogP contribution in [-0.4, -0.2) is 56.9 Å². The first-order chi connectivity index (χ1) is 16.6. The molecule has 1 fully saturated rings. The minimum atomic E-state index is -0.559. The molecular formula is C26H32N6O3. The average Bonchev–Trinajstić information content (AvgIpc) is 3.08. The maximum atomic E-state index is 13.2. The zero-order valence-electron chi connectivity index (χ0n) is 21.0. The van der Waals surface area contributed by atoms with E-state index in [9.17, 15) is 14.9 Å². The first-order valence-corrected chi connectivity index (χ1v) is 11.8. The molecule has 0 spiro atoms. The number of hydrogen-bond acceptors (Lipinski definition) is 6. The number of rotatable bonds is 4. The number of likely N-dealkylation sites (N-methyl/N-ethyl adjacent to an activating group) is 1. The van der Waals surface area contributed by atoms with Crippen LogP contribution in [0.25, 0.3) is 11.2 Å². The molecule has 0 aliphatic carbocycles. The third kappa shape index (κ3) is 4.87. The highest BCUT2D eigenvalue weighted by atomic mass is 16.6. The molecule has 3 heterocycles. The van der Waals surface area contributed by atoms with Crippen LogP contribution >= 0.6 is 0 Å². The van der Waals surface area contributed by atoms with E-state index in [1.807, 2.05) is 45.0 Å². The Hall–Kier alpha value is -3.80. The summed E-state index contributed by atoms with van der Waals surface area (Å²) in [7, 11) is 3.49. The Morgan fingerprint density at radius 1 is 1.29 bits per heavy atom. The van der Waals surface area contributed by atoms with E-state index in [1.165, 1.54) is 0 Å². The van der Waals surface area contributed by atoms with E-state index in [4.69, 9.17) is 4.74 Å². The second-order valence-electron chi connectivity index (χ2n) is 10.0. The smallest absolute Gasteiger partial charge is 0.410 e. The Kier molecular flexibility index (Phi) is 6.57. The Morgan fingerprint density at radius 2 is 2.03 bits per heavy atom. The number of carbonyl (C=O) groups is 1. The molecule has 1 unspecified atom stereocenters. The van der Waals surface area contributed by atoms with Gasteiger partial charge in [-0.2, -0.15) is 5.26 Å². The SMILES string of the molecule is CN(C(=O)OC(C)(C)C)C1CCCN(c2ccnc3c2n(Cc2ccccc2C#N)c(=O)n3C)C1. The van der Waals surface area contributed by atoms with Gasteiger partial charge in [-0.3, -0.25) is 9.13 Å². The average molecular weight is 477 g/mol. The van der Waals surface area contributed by atoms with Crippen molar-refractivity contribution in [2.75, 3.05) is 25.0 Å². The number of fused-ring (bicyclic) bond motifs is 1. The van der Waals surface area contributed by atoms with Gasteiger partial charge in [0.25, 0.3) is 0 Å². The minimum absolute atomic E-state index is 0.0231. The predicted octanol–water partition coefficient (Wildman–Crippen LogP) is 3.49. The molecule has 1 aromatic carbocycles. The molecule has 0 saturated carbocycles. The standard InChI is InChI=1S/C26H32N6O3/c1-26(2,3)35-25(34)29(4)20-11-8-14-31(17-20)21-12-13-28-23-22(21)32(24(33)30(23)5)16-19-10-7-6-9-18(19)15-27/h6-7,9-10,12-13,20H,8,11,14,16-17H2,1-5H3. The second kappa shape index (κ2) is 9.45. The third-order valence-electron chi connectivity index (χ3n) is 6.42. The number of carbonyl (C=O) groups excluding carboxylic acids is 1. The van der Waals surface area contributed by atoms with E-state index < -0.39 is 5.60 Å². The zero-order valence-corrected chi connectivity index (χ0v) is 21.0. The number of aryl methyl sites for hydroxylation is 1. The lowest BCUT2D eigenvalue weighted by molar-refractivity contribution is 0.0210. The molecule has 2 aromatic heterocycles. The Morgan fingerprint density at radius 3 is 2.74 bits per heavy atom. The van der Waals surface area contributed by atoms with Crippen LogP contribution < -0.4 is 10.6 Å². The predicted molar refractivity (Wildman–Crippen MR) is 134 cm³/mol. The molecule has 1 amide bonds. The minimum Gasteiger partial charge on any atom is -0.444 e. The molecule has 0 N–H and O–H groups in total. The molecule has 4 rings (SSSR count). The lowest BCUT2D eigenvalue weighted by Gasteiger charge is -2.39. The number of nitriles is 1. The Labute approximate surface area is 205 Å². The van der Waals surface area contributed by atoms with Crippen molar-refractivity contribution in [3.05, 3.63) is 58.1 Å². The summed E-state index contributed by atoms with van der Waals surface area (Å²) in [6.45, 7) is 7.27. The van der Waals surface area contributed by atoms with E-state index in [0.29, 0.717) is 17.8 Å². The summed E-state index contributed by atoms with van der Waals surface area (Å²) >= 11 is 0. The Balaban J connectivity index is 1.71. The van der Waals surface area contributed by atoms with Gasteiger partial charge < -0.3 is 14.5 Å². The molecule has 35 heavy (non-hydrogen) atoms. The van der Waals surface area contributed by atoms with Gasteiger partial charge in [-0.15, -0.1) is 0 Å². The summed E-state index contributed by atoms with van der Waals surface area (Å²) in [6, 6.07) is 11.4. The maximum absolute atomic E-state index is 13.2. The first kappa shape index (κ1) is 24.3. The molecule has 1 aliphatic heterocycles. The molecule has 184 valence electrons. The highest BCUT2D eigenvalue weighted by molar-refractivity contribution is 5.87. The monoisotopic (exact) mass is 476 g/mol. The van der Waals surface area contributed by atoms with Gasteiger partial charge in [-0.05, 0) is 51.3 Å². The number of hydrogen-bond donors (Lipinski definition) is 0. The quantitative estimate of drug-likeness (QED) is 0.572. The number of piperidine rings is 1. The largest absolute Gasteiger partial charge is 0.444 e. The fourth-order valence-electron chi connectivity index (χ4n) is 4.62. The van der Waals surface area contributed by atoms with Crippen LogP contribution in [0.5, 0.6) is 0 Å². The lowest BCUT2D eigenvalue weighted by atomic mass is 10.0. The normalized spacial score (nSPS) is 16.2. The molecule has 1 aliphatic rings. The van der Waals surface area contributed by atoms with Gasteiger partial charge in [0.05, 0.1) is 29.9 Å². The van der Waals surface area contributed by atoms with Gasteiger partial charge in [0, 0.05) is 33.4 Å². The molecule has 0 bridgehead atoms. The zero-order chi connectivity index (χ0) is 25.3. The molecule has 9 nitrogen and oxygen atoms in total. The van der Waals surface area contributed by atoms with Crippen molar-refractivity contribution >= 4 is 22.9 Å². The number of anilines is 1. The summed E-state index contributed by atoms with van der Waals surface area (Å²) < 4.78 is 8.81. The maximum Gasteiger partial charge on any atom is 0.410 e. The van der Waals surface area contributed by atoms with E-state index >= 15 is 0 Å². The van der Waals surface area contributed by atoms with E-state index in [2.05, 4.69) is 16.0 Å². The second-order valence-corrected chi connectivity index (χ2v) is 10.0. The van der Waals surface area contributed by atoms with Crippen molar-refractivity contribution in [1.82, 2.24) is 19.0 Å². The number of ether oxygens (including phenoxy) is 1. The van der Waals surface area contributed by atoms with Crippen molar-refractivity contribution in [2.45, 2.75) is 51.8 Å². The van der Waals surface area contributed by atoms with Crippen molar-refractivity contribution < 1.29 is 9.53 Å². The van der Waals surface area contributed by atoms with Gasteiger partial charge >= 0.3 is 11.8 Å². The van der Waals surface area contributed by atoms with Crippen molar-refractivity contribution in [3.8, 4) is 6.07 Å². The first-order valence-electron chi connectivity index (χ1n) is 11.8. The summed E-state index contributed by atoms with van der Waals surface area (Å²) in [5, 5.41) is 9.53. The van der Waals surface area contributed by atoms with Crippen LogP contribution in [0, 0.1) is 11.3 Å². The fourth-order valence-corrected chi connectivity index (χ4v) is 4.62. The summed E-state index contributed by atoms with van der Waals surface area (Å²) in [5.74, 6) is 0. The number of amides is 1. The fraction of sp³-hybridized carbons (Fsp3) is 0.462. The summed E-state index contributed by atoms with van der Waals surface area (Å²) in [6.07, 6.45) is 3.15. The van der Waals surface area contributed by atoms with Crippen LogP contribution in [0.15, 0.2) is 41.3 Å². The molecule has 1 atom stereocenters. The lowest BCUT2D eigenvalue weighted by Crippen LogP contribution is -2.50. The number of nitrogens with zero attached hydrogens (tertiary/aromatic N) is 6. The summed E-state index contributed by atoms with van der Waals surface area (Å²) in [4.78, 5) is 34.3. The summed E-state index contributed by atoms with van der Waals surface area (Å²) in [5.41, 5.74) is 2.78. The van der Waals surface area contributed by atoms with E-state index in [0.717, 1.165) is 36.2 Å². The molecule has 9 heteroatoms. The van der Waals surface area contributed by atoms with Gasteiger partial charge in [-0.1, -0.05) is 18.2 Å². The third-order valence-corrected chi connectivity index (χ3v) is 6.42. The number of benzene rings is 1. The van der Waals surface area contributed by atoms with Crippen LogP contribution in [0.4, 0.5) is 10.5 Å². The van der Waals surface area contributed by atoms with Crippen LogP contribution in [-0.2, 0) is 18.3 Å². The van der Waals surface area contributed by atoms with Gasteiger partial charge in [0.15, 0.2) is 5.65 Å².